The number of hydrogen-bond donors (Lipinski definition) is 0. The number of benzene rings is 2. The van der Waals surface area contributed by atoms with Gasteiger partial charge in [0.15, 0.2) is 0 Å². The number of nitrogens with zero attached hydrogens (tertiary/aromatic N) is 1. The highest BCUT2D eigenvalue weighted by Crippen LogP contribution is 2.22. The molecule has 1 aromatic heterocycles. The van der Waals surface area contributed by atoms with Gasteiger partial charge in [0.25, 0.3) is 0 Å². The Hall–Kier alpha value is -2.55. The molecule has 0 N–H and O–H groups in total. The van der Waals surface area contributed by atoms with Crippen LogP contribution in [0.15, 0.2) is 63.9 Å². The Kier molecular flexibility index (Phi) is 3.03. The van der Waals surface area contributed by atoms with E-state index in [1.54, 1.807) is 4.74 Å². The van der Waals surface area contributed by atoms with Crippen LogP contribution in [0.3, 0.4) is 0 Å². The van der Waals surface area contributed by atoms with Gasteiger partial charge >= 0.3 is 5.63 Å². The molecule has 3 heteroatoms. The summed E-state index contributed by atoms with van der Waals surface area (Å²) in [7, 11) is 0. The molecule has 3 aromatic rings. The smallest absolute Gasteiger partial charge is 0.331 e. The summed E-state index contributed by atoms with van der Waals surface area (Å²) >= 11 is 0. The van der Waals surface area contributed by atoms with Crippen LogP contribution in [0.1, 0.15) is 11.1 Å². The van der Waals surface area contributed by atoms with E-state index >= 15 is 0 Å². The molecule has 0 aliphatic heterocycles. The molecule has 0 saturated carbocycles. The Balaban J connectivity index is 2.15. The lowest BCUT2D eigenvalue weighted by Crippen LogP contribution is -1.96. The van der Waals surface area contributed by atoms with Crippen LogP contribution in [-0.2, 0) is 0 Å². The van der Waals surface area contributed by atoms with Gasteiger partial charge in [-0.25, -0.2) is 4.79 Å². The third kappa shape index (κ3) is 2.30. The Bertz CT molecular complexity index is 711. The van der Waals surface area contributed by atoms with E-state index in [1.807, 2.05) is 62.4 Å². The molecule has 0 unspecified atom stereocenters. The van der Waals surface area contributed by atoms with Gasteiger partial charge in [-0.05, 0) is 26.0 Å². The minimum absolute atomic E-state index is 0.346. The fourth-order valence-electron chi connectivity index (χ4n) is 2.13. The first-order valence-corrected chi connectivity index (χ1v) is 6.51. The molecule has 0 atom stereocenters. The average molecular weight is 265 g/mol. The van der Waals surface area contributed by atoms with Gasteiger partial charge in [0.1, 0.15) is 0 Å². The standard InChI is InChI=1S/C17H15NO2/c1-12-3-7-14(8-4-12)16-11-17(19)20-18(16)15-9-5-13(2)6-10-15/h3-11H,1-2H3. The van der Waals surface area contributed by atoms with Crippen molar-refractivity contribution in [3.8, 4) is 16.9 Å². The summed E-state index contributed by atoms with van der Waals surface area (Å²) < 4.78 is 6.86. The average Bonchev–Trinajstić information content (AvgIpc) is 2.82. The van der Waals surface area contributed by atoms with Crippen molar-refractivity contribution in [1.82, 2.24) is 4.74 Å². The summed E-state index contributed by atoms with van der Waals surface area (Å²) in [4.78, 5) is 11.6. The summed E-state index contributed by atoms with van der Waals surface area (Å²) in [6.07, 6.45) is 0. The SMILES string of the molecule is Cc1ccc(-c2cc(=O)on2-c2ccc(C)cc2)cc1. The van der Waals surface area contributed by atoms with Crippen LogP contribution >= 0.6 is 0 Å². The molecule has 1 heterocycles. The lowest BCUT2D eigenvalue weighted by molar-refractivity contribution is 0.326. The first-order chi connectivity index (χ1) is 9.63. The van der Waals surface area contributed by atoms with Crippen LogP contribution in [-0.4, -0.2) is 4.74 Å². The molecule has 0 radical (unpaired) electrons. The van der Waals surface area contributed by atoms with Crippen molar-refractivity contribution in [2.75, 3.05) is 0 Å². The van der Waals surface area contributed by atoms with Gasteiger partial charge < -0.3 is 4.52 Å². The third-order valence-corrected chi connectivity index (χ3v) is 3.27. The molecule has 3 nitrogen and oxygen atoms in total. The molecule has 0 fully saturated rings. The molecule has 100 valence electrons. The van der Waals surface area contributed by atoms with Crippen molar-refractivity contribution in [1.29, 1.82) is 0 Å². The molecule has 0 aliphatic rings. The van der Waals surface area contributed by atoms with E-state index in [-0.39, 0.29) is 5.63 Å². The van der Waals surface area contributed by atoms with Crippen LogP contribution in [0.25, 0.3) is 16.9 Å². The van der Waals surface area contributed by atoms with Gasteiger partial charge in [0.2, 0.25) is 0 Å². The molecule has 0 spiro atoms. The number of rotatable bonds is 2. The summed E-state index contributed by atoms with van der Waals surface area (Å²) in [5.74, 6) is 0. The molecular formula is C17H15NO2. The lowest BCUT2D eigenvalue weighted by Gasteiger charge is -2.07. The Morgan fingerprint density at radius 3 is 2.00 bits per heavy atom. The zero-order chi connectivity index (χ0) is 14.1. The van der Waals surface area contributed by atoms with Crippen molar-refractivity contribution in [3.63, 3.8) is 0 Å². The Morgan fingerprint density at radius 1 is 0.850 bits per heavy atom. The first-order valence-electron chi connectivity index (χ1n) is 6.51. The Morgan fingerprint density at radius 2 is 1.40 bits per heavy atom. The zero-order valence-electron chi connectivity index (χ0n) is 11.5. The molecule has 3 rings (SSSR count). The molecular weight excluding hydrogens is 250 g/mol. The van der Waals surface area contributed by atoms with Crippen LogP contribution in [0.4, 0.5) is 0 Å². The highest BCUT2D eigenvalue weighted by Gasteiger charge is 2.10. The monoisotopic (exact) mass is 265 g/mol. The molecule has 2 aromatic carbocycles. The predicted octanol–water partition coefficient (Wildman–Crippen LogP) is 3.71. The van der Waals surface area contributed by atoms with E-state index in [2.05, 4.69) is 0 Å². The van der Waals surface area contributed by atoms with Gasteiger partial charge in [-0.3, -0.25) is 0 Å². The van der Waals surface area contributed by atoms with Crippen LogP contribution < -0.4 is 5.63 Å². The summed E-state index contributed by atoms with van der Waals surface area (Å²) in [5, 5.41) is 0. The lowest BCUT2D eigenvalue weighted by atomic mass is 10.1. The van der Waals surface area contributed by atoms with Gasteiger partial charge in [0.05, 0.1) is 17.4 Å². The highest BCUT2D eigenvalue weighted by atomic mass is 16.5. The second-order valence-electron chi connectivity index (χ2n) is 4.94. The van der Waals surface area contributed by atoms with Crippen LogP contribution in [0.5, 0.6) is 0 Å². The van der Waals surface area contributed by atoms with E-state index in [1.165, 1.54) is 17.2 Å². The first kappa shape index (κ1) is 12.5. The summed E-state index contributed by atoms with van der Waals surface area (Å²) in [6.45, 7) is 4.06. The fourth-order valence-corrected chi connectivity index (χ4v) is 2.13. The molecule has 0 amide bonds. The van der Waals surface area contributed by atoms with Crippen LogP contribution in [0, 0.1) is 13.8 Å². The highest BCUT2D eigenvalue weighted by molar-refractivity contribution is 5.61. The summed E-state index contributed by atoms with van der Waals surface area (Å²) in [5.41, 5.74) is 4.57. The quantitative estimate of drug-likeness (QED) is 0.708. The third-order valence-electron chi connectivity index (χ3n) is 3.27. The largest absolute Gasteiger partial charge is 0.358 e. The van der Waals surface area contributed by atoms with Gasteiger partial charge in [0, 0.05) is 5.56 Å². The zero-order valence-corrected chi connectivity index (χ0v) is 11.5. The van der Waals surface area contributed by atoms with Gasteiger partial charge in [-0.2, -0.15) is 4.74 Å². The fraction of sp³-hybridized carbons (Fsp3) is 0.118. The van der Waals surface area contributed by atoms with Crippen molar-refractivity contribution in [2.24, 2.45) is 0 Å². The number of aromatic nitrogens is 1. The normalized spacial score (nSPS) is 10.7. The van der Waals surface area contributed by atoms with Crippen molar-refractivity contribution >= 4 is 0 Å². The van der Waals surface area contributed by atoms with E-state index < -0.39 is 0 Å². The van der Waals surface area contributed by atoms with E-state index in [4.69, 9.17) is 4.52 Å². The molecule has 0 aliphatic carbocycles. The molecule has 20 heavy (non-hydrogen) atoms. The van der Waals surface area contributed by atoms with Crippen molar-refractivity contribution in [3.05, 3.63) is 76.1 Å². The van der Waals surface area contributed by atoms with Crippen molar-refractivity contribution in [2.45, 2.75) is 13.8 Å². The maximum atomic E-state index is 11.6. The van der Waals surface area contributed by atoms with Gasteiger partial charge in [-0.1, -0.05) is 47.5 Å². The van der Waals surface area contributed by atoms with E-state index in [9.17, 15) is 4.79 Å². The second-order valence-corrected chi connectivity index (χ2v) is 4.94. The maximum absolute atomic E-state index is 11.6. The molecule has 0 saturated heterocycles. The Labute approximate surface area is 117 Å². The van der Waals surface area contributed by atoms with Crippen LogP contribution in [0.2, 0.25) is 0 Å². The van der Waals surface area contributed by atoms with E-state index in [0.29, 0.717) is 0 Å². The summed E-state index contributed by atoms with van der Waals surface area (Å²) in [6, 6.07) is 17.4. The molecule has 0 bridgehead atoms. The maximum Gasteiger partial charge on any atom is 0.358 e. The minimum Gasteiger partial charge on any atom is -0.331 e. The predicted molar refractivity (Wildman–Crippen MR) is 79.2 cm³/mol. The van der Waals surface area contributed by atoms with Crippen molar-refractivity contribution < 1.29 is 4.52 Å². The second kappa shape index (κ2) is 4.85. The number of aryl methyl sites for hydroxylation is 2. The van der Waals surface area contributed by atoms with E-state index in [0.717, 1.165) is 16.9 Å². The number of hydrogen-bond acceptors (Lipinski definition) is 2. The van der Waals surface area contributed by atoms with Gasteiger partial charge in [-0.15, -0.1) is 0 Å². The topological polar surface area (TPSA) is 35.1 Å². The minimum atomic E-state index is -0.346.